The minimum Gasteiger partial charge on any atom is -0.493 e. The quantitative estimate of drug-likeness (QED) is 0.823. The molecule has 0 spiro atoms. The summed E-state index contributed by atoms with van der Waals surface area (Å²) in [5, 5.41) is 11.0. The zero-order valence-electron chi connectivity index (χ0n) is 11.5. The lowest BCUT2D eigenvalue weighted by atomic mass is 9.85. The lowest BCUT2D eigenvalue weighted by Gasteiger charge is -2.29. The molecule has 0 radical (unpaired) electrons. The first-order valence-electron chi connectivity index (χ1n) is 7.10. The fourth-order valence-electron chi connectivity index (χ4n) is 2.90. The number of para-hydroxylation sites is 1. The maximum absolute atomic E-state index is 11.0. The van der Waals surface area contributed by atoms with Crippen LogP contribution >= 0.6 is 0 Å². The van der Waals surface area contributed by atoms with E-state index >= 15 is 0 Å². The molecule has 0 heterocycles. The van der Waals surface area contributed by atoms with Gasteiger partial charge in [-0.15, -0.1) is 0 Å². The van der Waals surface area contributed by atoms with Crippen LogP contribution in [0.1, 0.15) is 51.5 Å². The van der Waals surface area contributed by atoms with Crippen LogP contribution < -0.4 is 4.74 Å². The van der Waals surface area contributed by atoms with Gasteiger partial charge in [-0.3, -0.25) is 0 Å². The monoisotopic (exact) mass is 248 g/mol. The summed E-state index contributed by atoms with van der Waals surface area (Å²) in [6, 6.07) is 7.94. The molecule has 1 aliphatic rings. The molecular formula is C16H24O2. The summed E-state index contributed by atoms with van der Waals surface area (Å²) in [5.74, 6) is 1.57. The van der Waals surface area contributed by atoms with Crippen molar-refractivity contribution in [3.05, 3.63) is 29.8 Å². The highest BCUT2D eigenvalue weighted by molar-refractivity contribution is 5.38. The van der Waals surface area contributed by atoms with Gasteiger partial charge < -0.3 is 9.84 Å². The summed E-state index contributed by atoms with van der Waals surface area (Å²) in [4.78, 5) is 0. The van der Waals surface area contributed by atoms with Gasteiger partial charge in [0.1, 0.15) is 5.75 Å². The number of rotatable bonds is 3. The Kier molecular flexibility index (Phi) is 4.28. The lowest BCUT2D eigenvalue weighted by molar-refractivity contribution is 0.0172. The molecule has 1 saturated carbocycles. The van der Waals surface area contributed by atoms with E-state index in [1.54, 1.807) is 0 Å². The Labute approximate surface area is 110 Å². The number of hydrogen-bond donors (Lipinski definition) is 1. The van der Waals surface area contributed by atoms with Crippen LogP contribution in [0.4, 0.5) is 0 Å². The minimum absolute atomic E-state index is 0.642. The number of hydrogen-bond acceptors (Lipinski definition) is 2. The van der Waals surface area contributed by atoms with E-state index in [2.05, 4.69) is 6.92 Å². The SMILES string of the molecule is CCOc1ccccc1C1(O)CCCC(C)CC1. The standard InChI is InChI=1S/C16H24O2/c1-3-18-15-9-5-4-8-14(15)16(17)11-6-7-13(2)10-12-16/h4-5,8-9,13,17H,3,6-7,10-12H2,1-2H3. The van der Waals surface area contributed by atoms with Gasteiger partial charge in [-0.25, -0.2) is 0 Å². The van der Waals surface area contributed by atoms with Crippen LogP contribution in [0, 0.1) is 5.92 Å². The van der Waals surface area contributed by atoms with E-state index in [4.69, 9.17) is 4.74 Å². The first kappa shape index (κ1) is 13.4. The van der Waals surface area contributed by atoms with Crippen LogP contribution in [0.15, 0.2) is 24.3 Å². The predicted molar refractivity (Wildman–Crippen MR) is 73.8 cm³/mol. The van der Waals surface area contributed by atoms with Crippen LogP contribution in [-0.2, 0) is 5.60 Å². The Morgan fingerprint density at radius 1 is 1.28 bits per heavy atom. The normalized spacial score (nSPS) is 28.7. The molecule has 1 aliphatic carbocycles. The van der Waals surface area contributed by atoms with Crippen LogP contribution in [0.2, 0.25) is 0 Å². The second-order valence-electron chi connectivity index (χ2n) is 5.50. The van der Waals surface area contributed by atoms with Crippen molar-refractivity contribution in [2.45, 2.75) is 51.6 Å². The molecule has 1 aromatic rings. The Balaban J connectivity index is 2.28. The molecule has 100 valence electrons. The van der Waals surface area contributed by atoms with Gasteiger partial charge in [0.15, 0.2) is 0 Å². The number of aliphatic hydroxyl groups is 1. The van der Waals surface area contributed by atoms with Crippen molar-refractivity contribution in [1.82, 2.24) is 0 Å². The molecule has 0 saturated heterocycles. The Hall–Kier alpha value is -1.02. The second-order valence-corrected chi connectivity index (χ2v) is 5.50. The third kappa shape index (κ3) is 2.86. The van der Waals surface area contributed by atoms with E-state index in [9.17, 15) is 5.11 Å². The fourth-order valence-corrected chi connectivity index (χ4v) is 2.90. The molecule has 2 atom stereocenters. The average Bonchev–Trinajstić information content (AvgIpc) is 2.54. The number of ether oxygens (including phenoxy) is 1. The highest BCUT2D eigenvalue weighted by atomic mass is 16.5. The molecule has 2 heteroatoms. The van der Waals surface area contributed by atoms with Gasteiger partial charge in [0.2, 0.25) is 0 Å². The van der Waals surface area contributed by atoms with E-state index in [1.807, 2.05) is 31.2 Å². The summed E-state index contributed by atoms with van der Waals surface area (Å²) in [5.41, 5.74) is 0.275. The van der Waals surface area contributed by atoms with Crippen molar-refractivity contribution in [1.29, 1.82) is 0 Å². The third-order valence-corrected chi connectivity index (χ3v) is 4.03. The van der Waals surface area contributed by atoms with Gasteiger partial charge in [0.25, 0.3) is 0 Å². The van der Waals surface area contributed by atoms with Gasteiger partial charge >= 0.3 is 0 Å². The average molecular weight is 248 g/mol. The lowest BCUT2D eigenvalue weighted by Crippen LogP contribution is -2.25. The van der Waals surface area contributed by atoms with Crippen LogP contribution in [0.25, 0.3) is 0 Å². The van der Waals surface area contributed by atoms with E-state index in [0.29, 0.717) is 6.61 Å². The Morgan fingerprint density at radius 3 is 2.83 bits per heavy atom. The predicted octanol–water partition coefficient (Wildman–Crippen LogP) is 3.87. The third-order valence-electron chi connectivity index (χ3n) is 4.03. The molecule has 1 N–H and O–H groups in total. The fraction of sp³-hybridized carbons (Fsp3) is 0.625. The smallest absolute Gasteiger partial charge is 0.125 e. The largest absolute Gasteiger partial charge is 0.493 e. The minimum atomic E-state index is -0.698. The van der Waals surface area contributed by atoms with Crippen molar-refractivity contribution in [3.8, 4) is 5.75 Å². The molecule has 2 nitrogen and oxygen atoms in total. The van der Waals surface area contributed by atoms with E-state index < -0.39 is 5.60 Å². The van der Waals surface area contributed by atoms with Gasteiger partial charge in [0, 0.05) is 5.56 Å². The van der Waals surface area contributed by atoms with Crippen molar-refractivity contribution >= 4 is 0 Å². The molecule has 0 amide bonds. The first-order chi connectivity index (χ1) is 8.65. The number of benzene rings is 1. The Morgan fingerprint density at radius 2 is 2.06 bits per heavy atom. The summed E-state index contributed by atoms with van der Waals surface area (Å²) in [6.07, 6.45) is 5.11. The summed E-state index contributed by atoms with van der Waals surface area (Å²) < 4.78 is 5.66. The molecule has 18 heavy (non-hydrogen) atoms. The molecular weight excluding hydrogens is 224 g/mol. The highest BCUT2D eigenvalue weighted by Crippen LogP contribution is 2.41. The maximum atomic E-state index is 11.0. The molecule has 0 bridgehead atoms. The summed E-state index contributed by atoms with van der Waals surface area (Å²) in [7, 11) is 0. The zero-order valence-corrected chi connectivity index (χ0v) is 11.5. The van der Waals surface area contributed by atoms with Gasteiger partial charge in [-0.05, 0) is 44.6 Å². The first-order valence-corrected chi connectivity index (χ1v) is 7.10. The molecule has 2 rings (SSSR count). The van der Waals surface area contributed by atoms with E-state index in [1.165, 1.54) is 6.42 Å². The summed E-state index contributed by atoms with van der Waals surface area (Å²) in [6.45, 7) is 4.90. The maximum Gasteiger partial charge on any atom is 0.125 e. The summed E-state index contributed by atoms with van der Waals surface area (Å²) >= 11 is 0. The highest BCUT2D eigenvalue weighted by Gasteiger charge is 2.33. The Bertz CT molecular complexity index is 388. The zero-order chi connectivity index (χ0) is 13.0. The van der Waals surface area contributed by atoms with Crippen molar-refractivity contribution < 1.29 is 9.84 Å². The van der Waals surface area contributed by atoms with Gasteiger partial charge in [0.05, 0.1) is 12.2 Å². The van der Waals surface area contributed by atoms with E-state index in [0.717, 1.165) is 42.9 Å². The van der Waals surface area contributed by atoms with Gasteiger partial charge in [-0.1, -0.05) is 31.5 Å². The van der Waals surface area contributed by atoms with Crippen LogP contribution in [-0.4, -0.2) is 11.7 Å². The molecule has 2 unspecified atom stereocenters. The second kappa shape index (κ2) is 5.75. The van der Waals surface area contributed by atoms with Gasteiger partial charge in [-0.2, -0.15) is 0 Å². The van der Waals surface area contributed by atoms with Crippen LogP contribution in [0.3, 0.4) is 0 Å². The molecule has 1 aromatic carbocycles. The molecule has 0 aromatic heterocycles. The molecule has 0 aliphatic heterocycles. The van der Waals surface area contributed by atoms with Crippen molar-refractivity contribution in [2.24, 2.45) is 5.92 Å². The topological polar surface area (TPSA) is 29.5 Å². The van der Waals surface area contributed by atoms with Crippen molar-refractivity contribution in [3.63, 3.8) is 0 Å². The molecule has 1 fully saturated rings. The van der Waals surface area contributed by atoms with Crippen molar-refractivity contribution in [2.75, 3.05) is 6.61 Å². The van der Waals surface area contributed by atoms with E-state index in [-0.39, 0.29) is 0 Å². The van der Waals surface area contributed by atoms with Crippen LogP contribution in [0.5, 0.6) is 5.75 Å².